The molecule has 5 heteroatoms. The smallest absolute Gasteiger partial charge is 0.251 e. The highest BCUT2D eigenvalue weighted by Crippen LogP contribution is 2.19. The predicted molar refractivity (Wildman–Crippen MR) is 73.0 cm³/mol. The van der Waals surface area contributed by atoms with Crippen LogP contribution in [0.3, 0.4) is 0 Å². The second-order valence-corrected chi connectivity index (χ2v) is 5.50. The van der Waals surface area contributed by atoms with Crippen LogP contribution >= 0.6 is 0 Å². The van der Waals surface area contributed by atoms with Crippen LogP contribution in [0.1, 0.15) is 32.6 Å². The first kappa shape index (κ1) is 14.8. The third-order valence-electron chi connectivity index (χ3n) is 4.00. The zero-order valence-corrected chi connectivity index (χ0v) is 12.1. The summed E-state index contributed by atoms with van der Waals surface area (Å²) in [5, 5.41) is 3.16. The highest BCUT2D eigenvalue weighted by atomic mass is 16.5. The lowest BCUT2D eigenvalue weighted by molar-refractivity contribution is -0.145. The second-order valence-electron chi connectivity index (χ2n) is 5.50. The van der Waals surface area contributed by atoms with Gasteiger partial charge in [-0.25, -0.2) is 0 Å². The van der Waals surface area contributed by atoms with Gasteiger partial charge in [-0.1, -0.05) is 0 Å². The maximum Gasteiger partial charge on any atom is 0.251 e. The van der Waals surface area contributed by atoms with Gasteiger partial charge in [-0.2, -0.15) is 0 Å². The molecule has 0 aliphatic carbocycles. The van der Waals surface area contributed by atoms with E-state index in [0.717, 1.165) is 45.4 Å². The number of carbonyl (C=O) groups excluding carboxylic acids is 1. The van der Waals surface area contributed by atoms with Gasteiger partial charge in [0.2, 0.25) is 0 Å². The van der Waals surface area contributed by atoms with Crippen LogP contribution < -0.4 is 5.32 Å². The number of amides is 1. The summed E-state index contributed by atoms with van der Waals surface area (Å²) in [6.45, 7) is 4.94. The van der Waals surface area contributed by atoms with Crippen molar-refractivity contribution in [1.82, 2.24) is 10.2 Å². The van der Waals surface area contributed by atoms with Crippen LogP contribution in [0.25, 0.3) is 0 Å². The molecule has 0 spiro atoms. The van der Waals surface area contributed by atoms with Gasteiger partial charge in [0.05, 0.1) is 12.7 Å². The Kier molecular flexibility index (Phi) is 5.60. The fraction of sp³-hybridized carbons (Fsp3) is 0.929. The fourth-order valence-electron chi connectivity index (χ4n) is 2.91. The van der Waals surface area contributed by atoms with E-state index in [4.69, 9.17) is 9.47 Å². The summed E-state index contributed by atoms with van der Waals surface area (Å²) in [6, 6.07) is 0.325. The third kappa shape index (κ3) is 3.91. The van der Waals surface area contributed by atoms with Gasteiger partial charge in [-0.05, 0) is 39.7 Å². The normalized spacial score (nSPS) is 28.8. The van der Waals surface area contributed by atoms with Crippen molar-refractivity contribution in [3.05, 3.63) is 0 Å². The van der Waals surface area contributed by atoms with E-state index in [0.29, 0.717) is 12.6 Å². The molecule has 0 bridgehead atoms. The molecule has 3 unspecified atom stereocenters. The Balaban J connectivity index is 1.77. The lowest BCUT2D eigenvalue weighted by Gasteiger charge is -2.27. The number of hydrogen-bond donors (Lipinski definition) is 1. The van der Waals surface area contributed by atoms with Gasteiger partial charge in [0, 0.05) is 25.7 Å². The first-order chi connectivity index (χ1) is 9.22. The summed E-state index contributed by atoms with van der Waals surface area (Å²) >= 11 is 0. The highest BCUT2D eigenvalue weighted by molar-refractivity contribution is 5.81. The lowest BCUT2D eigenvalue weighted by Crippen LogP contribution is -2.45. The van der Waals surface area contributed by atoms with E-state index in [1.165, 1.54) is 0 Å². The average Bonchev–Trinajstić information content (AvgIpc) is 3.06. The van der Waals surface area contributed by atoms with Gasteiger partial charge in [-0.15, -0.1) is 0 Å². The summed E-state index contributed by atoms with van der Waals surface area (Å²) in [4.78, 5) is 14.3. The quantitative estimate of drug-likeness (QED) is 0.775. The van der Waals surface area contributed by atoms with Gasteiger partial charge < -0.3 is 19.7 Å². The predicted octanol–water partition coefficient (Wildman–Crippen LogP) is 0.781. The van der Waals surface area contributed by atoms with Crippen LogP contribution in [0.15, 0.2) is 0 Å². The number of ether oxygens (including phenoxy) is 2. The minimum absolute atomic E-state index is 0.121. The molecule has 3 atom stereocenters. The molecule has 1 N–H and O–H groups in total. The maximum atomic E-state index is 12.4. The number of nitrogens with zero attached hydrogens (tertiary/aromatic N) is 1. The van der Waals surface area contributed by atoms with Crippen LogP contribution in [0.2, 0.25) is 0 Å². The van der Waals surface area contributed by atoms with Crippen LogP contribution in [0, 0.1) is 0 Å². The molecule has 2 aliphatic rings. The van der Waals surface area contributed by atoms with E-state index >= 15 is 0 Å². The molecule has 2 fully saturated rings. The Morgan fingerprint density at radius 1 is 1.47 bits per heavy atom. The SMILES string of the molecule is CNCC1CCCN1C(=O)C(C)OCC1CCCO1. The van der Waals surface area contributed by atoms with Gasteiger partial charge in [-0.3, -0.25) is 4.79 Å². The lowest BCUT2D eigenvalue weighted by atomic mass is 10.2. The number of rotatable bonds is 6. The molecular formula is C14H26N2O3. The number of likely N-dealkylation sites (N-methyl/N-ethyl adjacent to an activating group) is 1. The Morgan fingerprint density at radius 3 is 3.00 bits per heavy atom. The molecule has 2 aliphatic heterocycles. The Bertz CT molecular complexity index is 292. The second kappa shape index (κ2) is 7.22. The molecule has 0 aromatic rings. The van der Waals surface area contributed by atoms with E-state index in [2.05, 4.69) is 5.32 Å². The Morgan fingerprint density at radius 2 is 2.32 bits per heavy atom. The largest absolute Gasteiger partial charge is 0.376 e. The van der Waals surface area contributed by atoms with Crippen LogP contribution in [0.5, 0.6) is 0 Å². The first-order valence-corrected chi connectivity index (χ1v) is 7.40. The maximum absolute atomic E-state index is 12.4. The van der Waals surface area contributed by atoms with E-state index in [1.54, 1.807) is 0 Å². The van der Waals surface area contributed by atoms with Crippen molar-refractivity contribution < 1.29 is 14.3 Å². The molecule has 2 rings (SSSR count). The third-order valence-corrected chi connectivity index (χ3v) is 4.00. The number of likely N-dealkylation sites (tertiary alicyclic amines) is 1. The van der Waals surface area contributed by atoms with Crippen molar-refractivity contribution in [2.24, 2.45) is 0 Å². The van der Waals surface area contributed by atoms with Crippen LogP contribution in [0.4, 0.5) is 0 Å². The van der Waals surface area contributed by atoms with Gasteiger partial charge in [0.25, 0.3) is 5.91 Å². The molecule has 5 nitrogen and oxygen atoms in total. The molecule has 19 heavy (non-hydrogen) atoms. The topological polar surface area (TPSA) is 50.8 Å². The van der Waals surface area contributed by atoms with E-state index in [9.17, 15) is 4.79 Å². The molecular weight excluding hydrogens is 244 g/mol. The van der Waals surface area contributed by atoms with Crippen molar-refractivity contribution in [3.8, 4) is 0 Å². The summed E-state index contributed by atoms with van der Waals surface area (Å²) in [5.41, 5.74) is 0. The zero-order valence-electron chi connectivity index (χ0n) is 12.1. The van der Waals surface area contributed by atoms with Crippen molar-refractivity contribution in [2.75, 3.05) is 33.4 Å². The minimum Gasteiger partial charge on any atom is -0.376 e. The Labute approximate surface area is 115 Å². The molecule has 1 amide bonds. The molecule has 2 heterocycles. The molecule has 0 saturated carbocycles. The minimum atomic E-state index is -0.360. The van der Waals surface area contributed by atoms with Gasteiger partial charge >= 0.3 is 0 Å². The van der Waals surface area contributed by atoms with Crippen molar-refractivity contribution in [2.45, 2.75) is 50.9 Å². The van der Waals surface area contributed by atoms with Crippen molar-refractivity contribution in [1.29, 1.82) is 0 Å². The number of hydrogen-bond acceptors (Lipinski definition) is 4. The monoisotopic (exact) mass is 270 g/mol. The highest BCUT2D eigenvalue weighted by Gasteiger charge is 2.31. The standard InChI is InChI=1S/C14H26N2O3/c1-11(19-10-13-6-4-8-18-13)14(17)16-7-3-5-12(16)9-15-2/h11-13,15H,3-10H2,1-2H3. The first-order valence-electron chi connectivity index (χ1n) is 7.40. The van der Waals surface area contributed by atoms with E-state index in [1.807, 2.05) is 18.9 Å². The summed E-state index contributed by atoms with van der Waals surface area (Å²) in [6.07, 6.45) is 4.16. The van der Waals surface area contributed by atoms with Crippen LogP contribution in [-0.2, 0) is 14.3 Å². The summed E-state index contributed by atoms with van der Waals surface area (Å²) in [7, 11) is 1.93. The molecule has 0 aromatic carbocycles. The average molecular weight is 270 g/mol. The van der Waals surface area contributed by atoms with Gasteiger partial charge in [0.15, 0.2) is 0 Å². The van der Waals surface area contributed by atoms with E-state index < -0.39 is 0 Å². The Hall–Kier alpha value is -0.650. The van der Waals surface area contributed by atoms with Crippen LogP contribution in [-0.4, -0.2) is 62.4 Å². The van der Waals surface area contributed by atoms with Crippen molar-refractivity contribution >= 4 is 5.91 Å². The van der Waals surface area contributed by atoms with Crippen molar-refractivity contribution in [3.63, 3.8) is 0 Å². The molecule has 110 valence electrons. The number of nitrogens with one attached hydrogen (secondary N) is 1. The fourth-order valence-corrected chi connectivity index (χ4v) is 2.91. The van der Waals surface area contributed by atoms with E-state index in [-0.39, 0.29) is 18.1 Å². The summed E-state index contributed by atoms with van der Waals surface area (Å²) < 4.78 is 11.2. The zero-order chi connectivity index (χ0) is 13.7. The van der Waals surface area contributed by atoms with Gasteiger partial charge in [0.1, 0.15) is 6.10 Å². The number of carbonyl (C=O) groups is 1. The molecule has 0 radical (unpaired) electrons. The molecule has 2 saturated heterocycles. The summed E-state index contributed by atoms with van der Waals surface area (Å²) in [5.74, 6) is 0.121. The molecule has 0 aromatic heterocycles.